The average Bonchev–Trinajstić information content (AvgIpc) is 3.24. The van der Waals surface area contributed by atoms with Crippen LogP contribution < -0.4 is 4.90 Å². The van der Waals surface area contributed by atoms with Crippen molar-refractivity contribution in [3.8, 4) is 0 Å². The first-order valence-corrected chi connectivity index (χ1v) is 10.5. The van der Waals surface area contributed by atoms with Crippen molar-refractivity contribution in [2.75, 3.05) is 31.1 Å². The molecule has 0 radical (unpaired) electrons. The minimum atomic E-state index is -0.574. The van der Waals surface area contributed by atoms with Crippen molar-refractivity contribution in [2.24, 2.45) is 4.99 Å². The van der Waals surface area contributed by atoms with Gasteiger partial charge in [0.05, 0.1) is 11.6 Å². The van der Waals surface area contributed by atoms with E-state index < -0.39 is 5.92 Å². The Balaban J connectivity index is 1.55. The van der Waals surface area contributed by atoms with E-state index in [0.29, 0.717) is 28.4 Å². The van der Waals surface area contributed by atoms with Crippen molar-refractivity contribution in [1.29, 1.82) is 0 Å². The SMILES string of the molecule is O=C1c2ccccc2[C@@H](C=NCCCN2CCCC2)C(=O)N1c1cccc(Cl)c1. The predicted molar refractivity (Wildman–Crippen MR) is 116 cm³/mol. The first-order valence-electron chi connectivity index (χ1n) is 10.1. The molecular formula is C23H24ClN3O2. The van der Waals surface area contributed by atoms with Crippen molar-refractivity contribution in [2.45, 2.75) is 25.2 Å². The van der Waals surface area contributed by atoms with Gasteiger partial charge in [-0.25, -0.2) is 4.90 Å². The van der Waals surface area contributed by atoms with Gasteiger partial charge >= 0.3 is 0 Å². The number of rotatable bonds is 6. The number of carbonyl (C=O) groups is 2. The van der Waals surface area contributed by atoms with E-state index in [1.807, 2.05) is 18.2 Å². The van der Waals surface area contributed by atoms with Crippen molar-refractivity contribution in [3.05, 3.63) is 64.7 Å². The second-order valence-corrected chi connectivity index (χ2v) is 7.92. The Hall–Kier alpha value is -2.50. The molecule has 0 unspecified atom stereocenters. The summed E-state index contributed by atoms with van der Waals surface area (Å²) in [6.07, 6.45) is 5.24. The number of carbonyl (C=O) groups excluding carboxylic acids is 2. The van der Waals surface area contributed by atoms with Crippen LogP contribution in [0.2, 0.25) is 5.02 Å². The monoisotopic (exact) mass is 409 g/mol. The topological polar surface area (TPSA) is 53.0 Å². The largest absolute Gasteiger partial charge is 0.303 e. The van der Waals surface area contributed by atoms with Crippen LogP contribution in [0.15, 0.2) is 53.5 Å². The molecule has 2 aromatic rings. The zero-order valence-corrected chi connectivity index (χ0v) is 17.0. The molecule has 0 saturated carbocycles. The number of aliphatic imine (C=N–C) groups is 1. The van der Waals surface area contributed by atoms with E-state index in [0.717, 1.165) is 13.0 Å². The fourth-order valence-electron chi connectivity index (χ4n) is 4.03. The van der Waals surface area contributed by atoms with Gasteiger partial charge in [-0.1, -0.05) is 35.9 Å². The van der Waals surface area contributed by atoms with Crippen LogP contribution in [0.1, 0.15) is 41.1 Å². The number of hydrogen-bond acceptors (Lipinski definition) is 4. The van der Waals surface area contributed by atoms with E-state index >= 15 is 0 Å². The van der Waals surface area contributed by atoms with Crippen LogP contribution in [0, 0.1) is 0 Å². The molecule has 150 valence electrons. The molecule has 0 aromatic heterocycles. The second-order valence-electron chi connectivity index (χ2n) is 7.48. The Morgan fingerprint density at radius 1 is 1.07 bits per heavy atom. The van der Waals surface area contributed by atoms with Crippen LogP contribution in [0.5, 0.6) is 0 Å². The molecule has 0 bridgehead atoms. The summed E-state index contributed by atoms with van der Waals surface area (Å²) >= 11 is 6.09. The van der Waals surface area contributed by atoms with Gasteiger partial charge in [0.1, 0.15) is 0 Å². The molecule has 5 nitrogen and oxygen atoms in total. The van der Waals surface area contributed by atoms with Gasteiger partial charge < -0.3 is 4.90 Å². The number of benzene rings is 2. The van der Waals surface area contributed by atoms with Crippen LogP contribution in [-0.4, -0.2) is 49.1 Å². The maximum atomic E-state index is 13.2. The lowest BCUT2D eigenvalue weighted by Gasteiger charge is -2.31. The maximum absolute atomic E-state index is 13.2. The molecule has 1 saturated heterocycles. The van der Waals surface area contributed by atoms with E-state index in [4.69, 9.17) is 11.6 Å². The highest BCUT2D eigenvalue weighted by atomic mass is 35.5. The van der Waals surface area contributed by atoms with Crippen LogP contribution in [0.25, 0.3) is 0 Å². The fraction of sp³-hybridized carbons (Fsp3) is 0.348. The minimum Gasteiger partial charge on any atom is -0.303 e. The summed E-state index contributed by atoms with van der Waals surface area (Å²) in [6, 6.07) is 14.1. The number of likely N-dealkylation sites (tertiary alicyclic amines) is 1. The number of fused-ring (bicyclic) bond motifs is 1. The Morgan fingerprint density at radius 2 is 1.86 bits per heavy atom. The van der Waals surface area contributed by atoms with Crippen molar-refractivity contribution in [1.82, 2.24) is 4.90 Å². The standard InChI is InChI=1S/C23H24ClN3O2/c24-17-7-5-8-18(15-17)27-22(28)20-10-2-1-9-19(20)21(23(27)29)16-25-11-6-14-26-12-3-4-13-26/h1-2,5,7-10,15-16,21H,3-4,6,11-14H2/t21-/m1/s1. The minimum absolute atomic E-state index is 0.292. The third-order valence-corrected chi connectivity index (χ3v) is 5.73. The molecule has 0 N–H and O–H groups in total. The number of amides is 2. The number of imide groups is 1. The second kappa shape index (κ2) is 8.89. The third-order valence-electron chi connectivity index (χ3n) is 5.50. The molecule has 4 rings (SSSR count). The van der Waals surface area contributed by atoms with Crippen molar-refractivity contribution in [3.63, 3.8) is 0 Å². The molecule has 29 heavy (non-hydrogen) atoms. The quantitative estimate of drug-likeness (QED) is 0.409. The summed E-state index contributed by atoms with van der Waals surface area (Å²) in [4.78, 5) is 34.5. The lowest BCUT2D eigenvalue weighted by Crippen LogP contribution is -2.45. The smallest absolute Gasteiger partial charge is 0.265 e. The first-order chi connectivity index (χ1) is 14.1. The highest BCUT2D eigenvalue weighted by Crippen LogP contribution is 2.32. The van der Waals surface area contributed by atoms with Crippen LogP contribution in [0.4, 0.5) is 5.69 Å². The normalized spacial score (nSPS) is 19.9. The Labute approximate surface area is 176 Å². The lowest BCUT2D eigenvalue weighted by atomic mass is 9.89. The lowest BCUT2D eigenvalue weighted by molar-refractivity contribution is -0.118. The van der Waals surface area contributed by atoms with E-state index in [9.17, 15) is 9.59 Å². The molecule has 1 atom stereocenters. The highest BCUT2D eigenvalue weighted by molar-refractivity contribution is 6.32. The predicted octanol–water partition coefficient (Wildman–Crippen LogP) is 4.17. The zero-order chi connectivity index (χ0) is 20.2. The van der Waals surface area contributed by atoms with E-state index in [2.05, 4.69) is 9.89 Å². The summed E-state index contributed by atoms with van der Waals surface area (Å²) in [7, 11) is 0. The van der Waals surface area contributed by atoms with Gasteiger partial charge in [-0.3, -0.25) is 14.6 Å². The number of anilines is 1. The molecule has 2 amide bonds. The fourth-order valence-corrected chi connectivity index (χ4v) is 4.22. The molecule has 2 heterocycles. The van der Waals surface area contributed by atoms with Crippen molar-refractivity contribution < 1.29 is 9.59 Å². The number of nitrogens with zero attached hydrogens (tertiary/aromatic N) is 3. The van der Waals surface area contributed by atoms with Crippen LogP contribution in [0.3, 0.4) is 0 Å². The third kappa shape index (κ3) is 4.26. The van der Waals surface area contributed by atoms with Gasteiger partial charge in [0.25, 0.3) is 5.91 Å². The molecule has 2 aromatic carbocycles. The Kier molecular flexibility index (Phi) is 6.07. The molecule has 0 spiro atoms. The molecule has 6 heteroatoms. The van der Waals surface area contributed by atoms with E-state index in [-0.39, 0.29) is 11.8 Å². The van der Waals surface area contributed by atoms with Crippen LogP contribution >= 0.6 is 11.6 Å². The molecular weight excluding hydrogens is 386 g/mol. The first kappa shape index (κ1) is 19.8. The molecule has 1 fully saturated rings. The molecule has 2 aliphatic rings. The van der Waals surface area contributed by atoms with Gasteiger partial charge in [0.2, 0.25) is 5.91 Å². The average molecular weight is 410 g/mol. The van der Waals surface area contributed by atoms with Gasteiger partial charge in [-0.05, 0) is 68.7 Å². The zero-order valence-electron chi connectivity index (χ0n) is 16.3. The van der Waals surface area contributed by atoms with Gasteiger partial charge in [0, 0.05) is 23.3 Å². The van der Waals surface area contributed by atoms with E-state index in [1.165, 1.54) is 30.8 Å². The van der Waals surface area contributed by atoms with Gasteiger partial charge in [-0.2, -0.15) is 0 Å². The van der Waals surface area contributed by atoms with Crippen LogP contribution in [-0.2, 0) is 4.79 Å². The molecule has 2 aliphatic heterocycles. The maximum Gasteiger partial charge on any atom is 0.265 e. The number of halogens is 1. The molecule has 0 aliphatic carbocycles. The van der Waals surface area contributed by atoms with Crippen molar-refractivity contribution >= 4 is 35.3 Å². The van der Waals surface area contributed by atoms with Gasteiger partial charge in [-0.15, -0.1) is 0 Å². The number of hydrogen-bond donors (Lipinski definition) is 0. The summed E-state index contributed by atoms with van der Waals surface area (Å²) in [5.41, 5.74) is 1.72. The summed E-state index contributed by atoms with van der Waals surface area (Å²) in [6.45, 7) is 4.07. The Morgan fingerprint density at radius 3 is 2.66 bits per heavy atom. The summed E-state index contributed by atoms with van der Waals surface area (Å²) in [5.74, 6) is -1.19. The summed E-state index contributed by atoms with van der Waals surface area (Å²) < 4.78 is 0. The summed E-state index contributed by atoms with van der Waals surface area (Å²) in [5, 5.41) is 0.481. The Bertz CT molecular complexity index is 937. The van der Waals surface area contributed by atoms with Gasteiger partial charge in [0.15, 0.2) is 0 Å². The highest BCUT2D eigenvalue weighted by Gasteiger charge is 2.38. The van der Waals surface area contributed by atoms with E-state index in [1.54, 1.807) is 36.5 Å².